The molecule has 0 bridgehead atoms. The van der Waals surface area contributed by atoms with Crippen LogP contribution in [0.1, 0.15) is 284 Å². The molecule has 18 atom stereocenters. The molecule has 0 aromatic heterocycles. The van der Waals surface area contributed by atoms with Crippen molar-refractivity contribution in [3.8, 4) is 0 Å². The van der Waals surface area contributed by atoms with Gasteiger partial charge in [0.1, 0.15) is 67.1 Å². The first kappa shape index (κ1) is 89.2. The van der Waals surface area contributed by atoms with Crippen molar-refractivity contribution in [1.29, 1.82) is 0 Å². The van der Waals surface area contributed by atoms with Gasteiger partial charge in [-0.1, -0.05) is 249 Å². The lowest BCUT2D eigenvalue weighted by molar-refractivity contribution is -0.386. The van der Waals surface area contributed by atoms with Crippen LogP contribution in [0.25, 0.3) is 0 Å². The average molecular weight is 1400 g/mol. The molecule has 14 N–H and O–H groups in total. The Morgan fingerprint density at radius 2 is 0.990 bits per heavy atom. The fourth-order valence-electron chi connectivity index (χ4n) is 13.2. The molecule has 23 nitrogen and oxygen atoms in total. The molecule has 2 amide bonds. The Morgan fingerprint density at radius 1 is 0.541 bits per heavy atom. The maximum absolute atomic E-state index is 13.5. The van der Waals surface area contributed by atoms with E-state index in [-0.39, 0.29) is 12.3 Å². The SMILES string of the molecule is CCCCCCCCCCC/C=C\C/C=C\CCCCCCCCCC(=O)NC(COC1OC(CO)C(OC2OC(CO)C(O)C(OC3(C(=O)O)CC(O)C(NC(C)=O)C(C(O)C(O)CO)O3)C2O)C(O)C1O)C(O)/C=C/CCCCCCCCCCCCCCCCCCCCC. The molecule has 23 heteroatoms. The molecule has 18 unspecified atom stereocenters. The van der Waals surface area contributed by atoms with Gasteiger partial charge in [0.25, 0.3) is 5.79 Å². The lowest BCUT2D eigenvalue weighted by Gasteiger charge is -2.50. The van der Waals surface area contributed by atoms with Crippen LogP contribution in [0.3, 0.4) is 0 Å². The van der Waals surface area contributed by atoms with Crippen molar-refractivity contribution in [3.63, 3.8) is 0 Å². The number of carboxylic acid groups (broad SMARTS) is 1. The van der Waals surface area contributed by atoms with Gasteiger partial charge in [0.15, 0.2) is 12.6 Å². The minimum atomic E-state index is -3.08. The van der Waals surface area contributed by atoms with E-state index in [0.717, 1.165) is 84.0 Å². The first-order valence-electron chi connectivity index (χ1n) is 38.4. The van der Waals surface area contributed by atoms with Crippen LogP contribution in [0.2, 0.25) is 0 Å². The Hall–Kier alpha value is -3.05. The van der Waals surface area contributed by atoms with Crippen LogP contribution in [0.5, 0.6) is 0 Å². The third-order valence-corrected chi connectivity index (χ3v) is 19.3. The van der Waals surface area contributed by atoms with Crippen LogP contribution in [0, 0.1) is 0 Å². The van der Waals surface area contributed by atoms with E-state index in [1.165, 1.54) is 161 Å². The number of allylic oxidation sites excluding steroid dienone is 5. The molecule has 3 aliphatic rings. The van der Waals surface area contributed by atoms with E-state index in [1.807, 2.05) is 6.08 Å². The molecule has 0 aromatic carbocycles. The number of carboxylic acids is 1. The molecular weight excluding hydrogens is 1260 g/mol. The second-order valence-corrected chi connectivity index (χ2v) is 27.9. The normalized spacial score (nSPS) is 27.4. The van der Waals surface area contributed by atoms with Gasteiger partial charge in [-0.25, -0.2) is 4.79 Å². The largest absolute Gasteiger partial charge is 0.477 e. The molecule has 0 radical (unpaired) electrons. The molecule has 0 spiro atoms. The van der Waals surface area contributed by atoms with E-state index in [0.29, 0.717) is 12.8 Å². The van der Waals surface area contributed by atoms with Crippen molar-refractivity contribution in [1.82, 2.24) is 10.6 Å². The minimum absolute atomic E-state index is 0.191. The second-order valence-electron chi connectivity index (χ2n) is 27.9. The molecule has 98 heavy (non-hydrogen) atoms. The molecule has 0 saturated carbocycles. The summed E-state index contributed by atoms with van der Waals surface area (Å²) in [6.07, 6.45) is 30.3. The predicted octanol–water partition coefficient (Wildman–Crippen LogP) is 8.96. The van der Waals surface area contributed by atoms with Gasteiger partial charge in [-0.2, -0.15) is 0 Å². The molecular formula is C75H136N2O21. The summed E-state index contributed by atoms with van der Waals surface area (Å²) < 4.78 is 34.9. The van der Waals surface area contributed by atoms with Crippen LogP contribution in [0.15, 0.2) is 36.5 Å². The highest BCUT2D eigenvalue weighted by molar-refractivity contribution is 5.77. The van der Waals surface area contributed by atoms with Gasteiger partial charge in [-0.15, -0.1) is 0 Å². The molecule has 3 heterocycles. The summed E-state index contributed by atoms with van der Waals surface area (Å²) in [5.74, 6) is -6.15. The molecule has 3 rings (SSSR count). The smallest absolute Gasteiger partial charge is 0.364 e. The topological polar surface area (TPSA) is 373 Å². The van der Waals surface area contributed by atoms with Crippen LogP contribution < -0.4 is 10.6 Å². The predicted molar refractivity (Wildman–Crippen MR) is 375 cm³/mol. The Kier molecular flexibility index (Phi) is 49.7. The summed E-state index contributed by atoms with van der Waals surface area (Å²) >= 11 is 0. The zero-order chi connectivity index (χ0) is 71.8. The quantitative estimate of drug-likeness (QED) is 0.0199. The summed E-state index contributed by atoms with van der Waals surface area (Å²) in [7, 11) is 0. The van der Waals surface area contributed by atoms with Crippen molar-refractivity contribution >= 4 is 17.8 Å². The summed E-state index contributed by atoms with van der Waals surface area (Å²) in [4.78, 5) is 38.6. The summed E-state index contributed by atoms with van der Waals surface area (Å²) in [5.41, 5.74) is 0. The van der Waals surface area contributed by atoms with E-state index < -0.39 is 155 Å². The zero-order valence-corrected chi connectivity index (χ0v) is 60.1. The number of hydrogen-bond donors (Lipinski definition) is 14. The van der Waals surface area contributed by atoms with Crippen molar-refractivity contribution in [3.05, 3.63) is 36.5 Å². The highest BCUT2D eigenvalue weighted by atomic mass is 16.8. The number of hydrogen-bond acceptors (Lipinski definition) is 20. The maximum atomic E-state index is 13.5. The van der Waals surface area contributed by atoms with Crippen LogP contribution in [0.4, 0.5) is 0 Å². The number of aliphatic hydroxyl groups excluding tert-OH is 11. The number of carbonyl (C=O) groups is 3. The Bertz CT molecular complexity index is 2110. The number of unbranched alkanes of at least 4 members (excludes halogenated alkanes) is 35. The molecule has 572 valence electrons. The molecule has 0 aromatic rings. The highest BCUT2D eigenvalue weighted by Crippen LogP contribution is 2.39. The van der Waals surface area contributed by atoms with Crippen LogP contribution in [-0.4, -0.2) is 215 Å². The van der Waals surface area contributed by atoms with Crippen LogP contribution in [-0.2, 0) is 42.8 Å². The number of carbonyl (C=O) groups excluding carboxylic acids is 2. The first-order valence-corrected chi connectivity index (χ1v) is 38.4. The fraction of sp³-hybridized carbons (Fsp3) is 0.880. The van der Waals surface area contributed by atoms with Crippen molar-refractivity contribution in [2.75, 3.05) is 26.4 Å². The van der Waals surface area contributed by atoms with Gasteiger partial charge in [0.05, 0.1) is 50.7 Å². The van der Waals surface area contributed by atoms with E-state index in [1.54, 1.807) is 6.08 Å². The Labute approximate surface area is 586 Å². The minimum Gasteiger partial charge on any atom is -0.477 e. The van der Waals surface area contributed by atoms with Gasteiger partial charge in [-0.05, 0) is 51.4 Å². The average Bonchev–Trinajstić information content (AvgIpc) is 0.757. The van der Waals surface area contributed by atoms with E-state index in [9.17, 15) is 75.7 Å². The maximum Gasteiger partial charge on any atom is 0.364 e. The molecule has 0 aliphatic carbocycles. The third kappa shape index (κ3) is 35.4. The number of amides is 2. The monoisotopic (exact) mass is 1400 g/mol. The van der Waals surface area contributed by atoms with E-state index in [4.69, 9.17) is 28.4 Å². The van der Waals surface area contributed by atoms with E-state index in [2.05, 4.69) is 48.8 Å². The van der Waals surface area contributed by atoms with Gasteiger partial charge in [-0.3, -0.25) is 9.59 Å². The van der Waals surface area contributed by atoms with Gasteiger partial charge in [0.2, 0.25) is 11.8 Å². The summed E-state index contributed by atoms with van der Waals surface area (Å²) in [6.45, 7) is 2.16. The molecule has 3 fully saturated rings. The highest BCUT2D eigenvalue weighted by Gasteiger charge is 2.60. The zero-order valence-electron chi connectivity index (χ0n) is 60.1. The molecule has 3 saturated heterocycles. The Balaban J connectivity index is 1.56. The standard InChI is InChI=1S/C75H136N2O21/c1-4-6-8-10-12-14-16-18-20-22-24-26-27-29-31-33-35-37-39-41-43-45-47-49-62(85)77-56(57(82)48-46-44-42-40-38-36-34-32-30-28-25-23-21-19-17-15-13-11-9-7-5-2)54-93-72-67(89)66(88)69(61(53-80)95-72)96-73-68(90)71(65(87)60(52-79)94-73)98-75(74(91)92)50-58(83)63(76-55(3)81)70(97-75)64(86)59(84)51-78/h24,26,29,31,46,48,56-61,63-73,78-80,82-84,86-90H,4-23,25,27-28,30,32-45,47,49-54H2,1-3H3,(H,76,81)(H,77,85)(H,91,92)/b26-24-,31-29-,48-46+. The van der Waals surface area contributed by atoms with Gasteiger partial charge in [0, 0.05) is 19.8 Å². The number of nitrogens with one attached hydrogen (secondary N) is 2. The lowest BCUT2D eigenvalue weighted by Crippen LogP contribution is -2.70. The summed E-state index contributed by atoms with van der Waals surface area (Å²) in [5, 5.41) is 136. The van der Waals surface area contributed by atoms with Crippen molar-refractivity contribution in [2.24, 2.45) is 0 Å². The number of ether oxygens (including phenoxy) is 6. The third-order valence-electron chi connectivity index (χ3n) is 19.3. The number of aliphatic carboxylic acids is 1. The second kappa shape index (κ2) is 54.6. The number of rotatable bonds is 59. The van der Waals surface area contributed by atoms with E-state index >= 15 is 0 Å². The Morgan fingerprint density at radius 3 is 1.44 bits per heavy atom. The van der Waals surface area contributed by atoms with Gasteiger partial charge < -0.3 is 100 Å². The van der Waals surface area contributed by atoms with Crippen LogP contribution >= 0.6 is 0 Å². The molecule has 3 aliphatic heterocycles. The lowest BCUT2D eigenvalue weighted by atomic mass is 9.88. The summed E-state index contributed by atoms with van der Waals surface area (Å²) in [6, 6.07) is -2.63. The van der Waals surface area contributed by atoms with Gasteiger partial charge >= 0.3 is 5.97 Å². The fourth-order valence-corrected chi connectivity index (χ4v) is 13.2. The first-order chi connectivity index (χ1) is 47.4. The van der Waals surface area contributed by atoms with Crippen molar-refractivity contribution in [2.45, 2.75) is 394 Å². The van der Waals surface area contributed by atoms with Crippen molar-refractivity contribution < 1.29 is 104 Å². The number of aliphatic hydroxyl groups is 11.